The number of rotatable bonds is 2. The van der Waals surface area contributed by atoms with Crippen LogP contribution in [0.5, 0.6) is 0 Å². The zero-order valence-corrected chi connectivity index (χ0v) is 9.52. The predicted molar refractivity (Wildman–Crippen MR) is 64.6 cm³/mol. The van der Waals surface area contributed by atoms with E-state index in [0.717, 1.165) is 5.52 Å². The minimum absolute atomic E-state index is 0.511. The first-order valence-electron chi connectivity index (χ1n) is 4.92. The lowest BCUT2D eigenvalue weighted by Gasteiger charge is -1.91. The molecule has 3 aromatic rings. The molecule has 17 heavy (non-hydrogen) atoms. The van der Waals surface area contributed by atoms with Gasteiger partial charge in [-0.05, 0) is 24.3 Å². The molecule has 3 rings (SSSR count). The second kappa shape index (κ2) is 4.06. The molecule has 0 radical (unpaired) electrons. The van der Waals surface area contributed by atoms with Crippen molar-refractivity contribution in [1.82, 2.24) is 15.0 Å². The monoisotopic (exact) mass is 244 g/mol. The number of aromatic nitrogens is 3. The van der Waals surface area contributed by atoms with Gasteiger partial charge in [0.2, 0.25) is 0 Å². The van der Waals surface area contributed by atoms with Gasteiger partial charge in [-0.3, -0.25) is 0 Å². The van der Waals surface area contributed by atoms with Crippen LogP contribution in [0.1, 0.15) is 0 Å². The molecular weight excluding hydrogens is 236 g/mol. The average molecular weight is 244 g/mol. The molecule has 0 amide bonds. The van der Waals surface area contributed by atoms with Crippen LogP contribution in [0.3, 0.4) is 0 Å². The first kappa shape index (κ1) is 10.1. The van der Waals surface area contributed by atoms with Crippen molar-refractivity contribution < 1.29 is 4.42 Å². The molecule has 0 unspecified atom stereocenters. The zero-order chi connectivity index (χ0) is 11.7. The molecule has 2 aromatic heterocycles. The Bertz CT molecular complexity index is 653. The summed E-state index contributed by atoms with van der Waals surface area (Å²) in [5, 5.41) is 1.11. The standard InChI is InChI=1S/C11H8N4OS/c12-7-2-3-9-8(6-7)15-11(16-9)17-10-13-4-1-5-14-10/h1-6H,12H2. The molecule has 0 bridgehead atoms. The summed E-state index contributed by atoms with van der Waals surface area (Å²) in [7, 11) is 0. The summed E-state index contributed by atoms with van der Waals surface area (Å²) in [6.07, 6.45) is 3.35. The largest absolute Gasteiger partial charge is 0.431 e. The number of oxazole rings is 1. The van der Waals surface area contributed by atoms with Gasteiger partial charge in [-0.15, -0.1) is 0 Å². The van der Waals surface area contributed by atoms with E-state index in [9.17, 15) is 0 Å². The Kier molecular flexibility index (Phi) is 2.41. The lowest BCUT2D eigenvalue weighted by atomic mass is 10.3. The van der Waals surface area contributed by atoms with Gasteiger partial charge < -0.3 is 10.2 Å². The van der Waals surface area contributed by atoms with Gasteiger partial charge in [0.1, 0.15) is 5.52 Å². The Balaban J connectivity index is 1.96. The molecule has 0 spiro atoms. The van der Waals surface area contributed by atoms with Gasteiger partial charge in [0.25, 0.3) is 5.22 Å². The van der Waals surface area contributed by atoms with Crippen LogP contribution in [0, 0.1) is 0 Å². The predicted octanol–water partition coefficient (Wildman–Crippen LogP) is 2.35. The van der Waals surface area contributed by atoms with E-state index >= 15 is 0 Å². The number of nitrogens with zero attached hydrogens (tertiary/aromatic N) is 3. The van der Waals surface area contributed by atoms with E-state index in [4.69, 9.17) is 10.2 Å². The Hall–Kier alpha value is -2.08. The highest BCUT2D eigenvalue weighted by Gasteiger charge is 2.08. The van der Waals surface area contributed by atoms with Crippen molar-refractivity contribution >= 4 is 28.5 Å². The van der Waals surface area contributed by atoms with Gasteiger partial charge in [0, 0.05) is 29.8 Å². The van der Waals surface area contributed by atoms with Gasteiger partial charge in [0.05, 0.1) is 0 Å². The van der Waals surface area contributed by atoms with Crippen molar-refractivity contribution in [3.05, 3.63) is 36.7 Å². The normalized spacial score (nSPS) is 10.8. The van der Waals surface area contributed by atoms with E-state index < -0.39 is 0 Å². The van der Waals surface area contributed by atoms with E-state index in [1.807, 2.05) is 0 Å². The van der Waals surface area contributed by atoms with Crippen molar-refractivity contribution in [1.29, 1.82) is 0 Å². The molecule has 1 aromatic carbocycles. The Labute approximate surface area is 101 Å². The number of fused-ring (bicyclic) bond motifs is 1. The maximum Gasteiger partial charge on any atom is 0.264 e. The number of hydrogen-bond donors (Lipinski definition) is 1. The molecule has 2 heterocycles. The smallest absolute Gasteiger partial charge is 0.264 e. The summed E-state index contributed by atoms with van der Waals surface area (Å²) < 4.78 is 5.54. The van der Waals surface area contributed by atoms with Gasteiger partial charge >= 0.3 is 0 Å². The van der Waals surface area contributed by atoms with Gasteiger partial charge in [-0.2, -0.15) is 0 Å². The Morgan fingerprint density at radius 2 is 2.00 bits per heavy atom. The number of benzene rings is 1. The molecule has 2 N–H and O–H groups in total. The minimum atomic E-state index is 0.511. The SMILES string of the molecule is Nc1ccc2oc(Sc3ncccn3)nc2c1. The molecule has 0 aliphatic carbocycles. The first-order chi connectivity index (χ1) is 8.31. The fourth-order valence-corrected chi connectivity index (χ4v) is 2.04. The number of hydrogen-bond acceptors (Lipinski definition) is 6. The quantitative estimate of drug-likeness (QED) is 0.550. The molecule has 0 saturated heterocycles. The fraction of sp³-hybridized carbons (Fsp3) is 0. The third-order valence-electron chi connectivity index (χ3n) is 2.11. The fourth-order valence-electron chi connectivity index (χ4n) is 1.38. The third kappa shape index (κ3) is 2.07. The molecule has 84 valence electrons. The Morgan fingerprint density at radius 3 is 2.82 bits per heavy atom. The summed E-state index contributed by atoms with van der Waals surface area (Å²) in [6, 6.07) is 7.11. The minimum Gasteiger partial charge on any atom is -0.431 e. The van der Waals surface area contributed by atoms with Crippen molar-refractivity contribution in [2.45, 2.75) is 10.4 Å². The van der Waals surface area contributed by atoms with E-state index in [0.29, 0.717) is 21.6 Å². The van der Waals surface area contributed by atoms with Crippen molar-refractivity contribution in [3.63, 3.8) is 0 Å². The van der Waals surface area contributed by atoms with Crippen LogP contribution >= 0.6 is 11.8 Å². The summed E-state index contributed by atoms with van der Waals surface area (Å²) >= 11 is 1.28. The number of anilines is 1. The van der Waals surface area contributed by atoms with E-state index in [-0.39, 0.29) is 0 Å². The highest BCUT2D eigenvalue weighted by Crippen LogP contribution is 2.27. The number of nitrogen functional groups attached to an aromatic ring is 1. The second-order valence-corrected chi connectivity index (χ2v) is 4.26. The molecule has 0 aliphatic rings. The highest BCUT2D eigenvalue weighted by atomic mass is 32.2. The van der Waals surface area contributed by atoms with Gasteiger partial charge in [0.15, 0.2) is 10.7 Å². The molecule has 5 nitrogen and oxygen atoms in total. The molecule has 0 fully saturated rings. The molecule has 0 atom stereocenters. The number of nitrogens with two attached hydrogens (primary N) is 1. The summed E-state index contributed by atoms with van der Waals surface area (Å²) in [4.78, 5) is 12.5. The van der Waals surface area contributed by atoms with Crippen molar-refractivity contribution in [2.24, 2.45) is 0 Å². The lowest BCUT2D eigenvalue weighted by Crippen LogP contribution is -1.83. The molecular formula is C11H8N4OS. The Morgan fingerprint density at radius 1 is 1.18 bits per heavy atom. The van der Waals surface area contributed by atoms with Crippen LogP contribution in [-0.2, 0) is 0 Å². The molecule has 0 saturated carbocycles. The van der Waals surface area contributed by atoms with Gasteiger partial charge in [-0.25, -0.2) is 15.0 Å². The van der Waals surface area contributed by atoms with Crippen molar-refractivity contribution in [3.8, 4) is 0 Å². The van der Waals surface area contributed by atoms with Crippen LogP contribution in [0.2, 0.25) is 0 Å². The van der Waals surface area contributed by atoms with E-state index in [1.54, 1.807) is 36.7 Å². The lowest BCUT2D eigenvalue weighted by molar-refractivity contribution is 0.488. The van der Waals surface area contributed by atoms with Crippen LogP contribution < -0.4 is 5.73 Å². The molecule has 0 aliphatic heterocycles. The summed E-state index contributed by atoms with van der Waals surface area (Å²) in [6.45, 7) is 0. The van der Waals surface area contributed by atoms with E-state index in [1.165, 1.54) is 11.8 Å². The maximum absolute atomic E-state index is 5.67. The van der Waals surface area contributed by atoms with Crippen LogP contribution in [0.4, 0.5) is 5.69 Å². The highest BCUT2D eigenvalue weighted by molar-refractivity contribution is 7.98. The summed E-state index contributed by atoms with van der Waals surface area (Å²) in [5.74, 6) is 0. The van der Waals surface area contributed by atoms with Crippen LogP contribution in [0.25, 0.3) is 11.1 Å². The maximum atomic E-state index is 5.67. The van der Waals surface area contributed by atoms with E-state index in [2.05, 4.69) is 15.0 Å². The van der Waals surface area contributed by atoms with Crippen LogP contribution in [0.15, 0.2) is 51.5 Å². The second-order valence-electron chi connectivity index (χ2n) is 3.34. The summed E-state index contributed by atoms with van der Waals surface area (Å²) in [5.41, 5.74) is 7.78. The zero-order valence-electron chi connectivity index (χ0n) is 8.70. The van der Waals surface area contributed by atoms with Crippen molar-refractivity contribution in [2.75, 3.05) is 5.73 Å². The topological polar surface area (TPSA) is 77.8 Å². The average Bonchev–Trinajstić information content (AvgIpc) is 2.71. The first-order valence-corrected chi connectivity index (χ1v) is 5.74. The molecule has 6 heteroatoms. The van der Waals surface area contributed by atoms with Crippen LogP contribution in [-0.4, -0.2) is 15.0 Å². The third-order valence-corrected chi connectivity index (χ3v) is 2.86. The van der Waals surface area contributed by atoms with Gasteiger partial charge in [-0.1, -0.05) is 0 Å².